The molecular formula is C6H13BrN2. The first-order valence-corrected chi connectivity index (χ1v) is 3.60. The number of hydrogen-bond donors (Lipinski definition) is 1. The number of allylic oxidation sites excluding steroid dienone is 1. The number of rotatable bonds is 2. The molecule has 9 heavy (non-hydrogen) atoms. The maximum Gasteiger partial charge on any atom is 0.0990 e. The summed E-state index contributed by atoms with van der Waals surface area (Å²) in [5, 5.41) is 3.04. The lowest BCUT2D eigenvalue weighted by Crippen LogP contribution is -2.13. The minimum atomic E-state index is 1.09. The van der Waals surface area contributed by atoms with Gasteiger partial charge in [0.05, 0.1) is 4.61 Å². The number of hydrogen-bond acceptors (Lipinski definition) is 2. The summed E-state index contributed by atoms with van der Waals surface area (Å²) >= 11 is 3.41. The smallest absolute Gasteiger partial charge is 0.0990 e. The fraction of sp³-hybridized carbons (Fsp3) is 0.667. The fourth-order valence-electron chi connectivity index (χ4n) is 0.439. The van der Waals surface area contributed by atoms with Gasteiger partial charge in [-0.15, -0.1) is 0 Å². The van der Waals surface area contributed by atoms with Gasteiger partial charge in [0.2, 0.25) is 0 Å². The molecule has 3 heteroatoms. The predicted octanol–water partition coefficient (Wildman–Crippen LogP) is 1.35. The molecule has 0 aliphatic heterocycles. The lowest BCUT2D eigenvalue weighted by atomic mass is 10.5. The highest BCUT2D eigenvalue weighted by Gasteiger charge is 1.96. The molecular weight excluding hydrogens is 180 g/mol. The minimum absolute atomic E-state index is 1.09. The van der Waals surface area contributed by atoms with Gasteiger partial charge < -0.3 is 10.2 Å². The van der Waals surface area contributed by atoms with E-state index in [0.29, 0.717) is 0 Å². The molecule has 0 atom stereocenters. The third kappa shape index (κ3) is 2.75. The Bertz CT molecular complexity index is 118. The molecule has 0 aliphatic carbocycles. The van der Waals surface area contributed by atoms with Gasteiger partial charge in [-0.05, 0) is 22.9 Å². The Morgan fingerprint density at radius 3 is 2.00 bits per heavy atom. The lowest BCUT2D eigenvalue weighted by Gasteiger charge is -2.13. The van der Waals surface area contributed by atoms with Crippen molar-refractivity contribution in [1.29, 1.82) is 0 Å². The van der Waals surface area contributed by atoms with E-state index in [0.717, 1.165) is 10.3 Å². The largest absolute Gasteiger partial charge is 0.390 e. The number of halogens is 1. The van der Waals surface area contributed by atoms with Crippen LogP contribution < -0.4 is 5.32 Å². The molecule has 0 radical (unpaired) electrons. The van der Waals surface area contributed by atoms with Crippen LogP contribution in [-0.2, 0) is 0 Å². The van der Waals surface area contributed by atoms with Crippen LogP contribution in [0.15, 0.2) is 10.3 Å². The second kappa shape index (κ2) is 3.77. The van der Waals surface area contributed by atoms with Crippen molar-refractivity contribution in [2.45, 2.75) is 6.92 Å². The van der Waals surface area contributed by atoms with E-state index in [2.05, 4.69) is 21.2 Å². The summed E-state index contributed by atoms with van der Waals surface area (Å²) in [5.74, 6) is 0. The molecule has 0 rings (SSSR count). The van der Waals surface area contributed by atoms with Crippen molar-refractivity contribution in [2.75, 3.05) is 21.1 Å². The highest BCUT2D eigenvalue weighted by atomic mass is 79.9. The van der Waals surface area contributed by atoms with Crippen LogP contribution in [0, 0.1) is 0 Å². The summed E-state index contributed by atoms with van der Waals surface area (Å²) in [6.07, 6.45) is 0. The highest BCUT2D eigenvalue weighted by molar-refractivity contribution is 9.11. The normalized spacial score (nSPS) is 12.6. The van der Waals surface area contributed by atoms with E-state index < -0.39 is 0 Å². The van der Waals surface area contributed by atoms with E-state index in [4.69, 9.17) is 0 Å². The maximum absolute atomic E-state index is 3.41. The topological polar surface area (TPSA) is 15.3 Å². The van der Waals surface area contributed by atoms with Gasteiger partial charge in [0.25, 0.3) is 0 Å². The Morgan fingerprint density at radius 2 is 1.89 bits per heavy atom. The number of nitrogens with one attached hydrogen (secondary N) is 1. The molecule has 1 N–H and O–H groups in total. The monoisotopic (exact) mass is 192 g/mol. The van der Waals surface area contributed by atoms with Crippen molar-refractivity contribution in [1.82, 2.24) is 10.2 Å². The van der Waals surface area contributed by atoms with Gasteiger partial charge in [-0.2, -0.15) is 0 Å². The standard InChI is InChI=1S/C6H13BrN2/c1-5(8-2)6(7)9(3)4/h8H,1-4H3/b6-5-. The molecule has 0 heterocycles. The van der Waals surface area contributed by atoms with E-state index in [1.807, 2.05) is 33.0 Å². The summed E-state index contributed by atoms with van der Waals surface area (Å²) in [6.45, 7) is 2.02. The Labute approximate surface area is 65.1 Å². The van der Waals surface area contributed by atoms with Crippen LogP contribution >= 0.6 is 15.9 Å². The first-order chi connectivity index (χ1) is 4.09. The molecule has 54 valence electrons. The Morgan fingerprint density at radius 1 is 1.44 bits per heavy atom. The van der Waals surface area contributed by atoms with Crippen LogP contribution in [0.5, 0.6) is 0 Å². The Balaban J connectivity index is 4.10. The maximum atomic E-state index is 3.41. The summed E-state index contributed by atoms with van der Waals surface area (Å²) in [7, 11) is 5.88. The molecule has 0 fully saturated rings. The average Bonchev–Trinajstić information content (AvgIpc) is 1.84. The van der Waals surface area contributed by atoms with Crippen molar-refractivity contribution in [2.24, 2.45) is 0 Å². The summed E-state index contributed by atoms with van der Waals surface area (Å²) in [6, 6.07) is 0. The quantitative estimate of drug-likeness (QED) is 0.666. The molecule has 0 saturated carbocycles. The first-order valence-electron chi connectivity index (χ1n) is 2.81. The summed E-state index contributed by atoms with van der Waals surface area (Å²) in [4.78, 5) is 2.01. The second-order valence-corrected chi connectivity index (χ2v) is 2.81. The Kier molecular flexibility index (Phi) is 3.70. The van der Waals surface area contributed by atoms with Gasteiger partial charge in [0, 0.05) is 26.8 Å². The average molecular weight is 193 g/mol. The van der Waals surface area contributed by atoms with Gasteiger partial charge in [-0.1, -0.05) is 0 Å². The first kappa shape index (κ1) is 8.82. The zero-order chi connectivity index (χ0) is 7.44. The third-order valence-corrected chi connectivity index (χ3v) is 2.38. The zero-order valence-electron chi connectivity index (χ0n) is 6.33. The lowest BCUT2D eigenvalue weighted by molar-refractivity contribution is 0.542. The SMILES string of the molecule is CN/C(C)=C(/Br)N(C)C. The van der Waals surface area contributed by atoms with Crippen molar-refractivity contribution < 1.29 is 0 Å². The van der Waals surface area contributed by atoms with Crippen molar-refractivity contribution in [3.8, 4) is 0 Å². The van der Waals surface area contributed by atoms with Crippen molar-refractivity contribution >= 4 is 15.9 Å². The fourth-order valence-corrected chi connectivity index (χ4v) is 0.637. The second-order valence-electron chi connectivity index (χ2n) is 2.06. The van der Waals surface area contributed by atoms with Crippen LogP contribution in [0.25, 0.3) is 0 Å². The Hall–Kier alpha value is -0.180. The molecule has 0 saturated heterocycles. The zero-order valence-corrected chi connectivity index (χ0v) is 7.91. The van der Waals surface area contributed by atoms with Crippen molar-refractivity contribution in [3.63, 3.8) is 0 Å². The van der Waals surface area contributed by atoms with Gasteiger partial charge in [0.15, 0.2) is 0 Å². The number of nitrogens with zero attached hydrogens (tertiary/aromatic N) is 1. The van der Waals surface area contributed by atoms with E-state index in [-0.39, 0.29) is 0 Å². The predicted molar refractivity (Wildman–Crippen MR) is 44.4 cm³/mol. The molecule has 0 aromatic heterocycles. The van der Waals surface area contributed by atoms with E-state index in [1.54, 1.807) is 0 Å². The molecule has 0 bridgehead atoms. The van der Waals surface area contributed by atoms with Crippen LogP contribution in [0.2, 0.25) is 0 Å². The molecule has 2 nitrogen and oxygen atoms in total. The molecule has 0 aromatic rings. The van der Waals surface area contributed by atoms with E-state index >= 15 is 0 Å². The molecule has 0 amide bonds. The van der Waals surface area contributed by atoms with Gasteiger partial charge >= 0.3 is 0 Å². The third-order valence-electron chi connectivity index (χ3n) is 1.08. The molecule has 0 aromatic carbocycles. The summed E-state index contributed by atoms with van der Waals surface area (Å²) in [5.41, 5.74) is 1.14. The van der Waals surface area contributed by atoms with E-state index in [1.165, 1.54) is 0 Å². The van der Waals surface area contributed by atoms with Gasteiger partial charge in [-0.3, -0.25) is 0 Å². The van der Waals surface area contributed by atoms with Gasteiger partial charge in [-0.25, -0.2) is 0 Å². The van der Waals surface area contributed by atoms with Crippen LogP contribution in [0.1, 0.15) is 6.92 Å². The highest BCUT2D eigenvalue weighted by Crippen LogP contribution is 2.10. The van der Waals surface area contributed by atoms with Crippen LogP contribution in [0.3, 0.4) is 0 Å². The van der Waals surface area contributed by atoms with E-state index in [9.17, 15) is 0 Å². The minimum Gasteiger partial charge on any atom is -0.390 e. The molecule has 0 spiro atoms. The summed E-state index contributed by atoms with van der Waals surface area (Å²) < 4.78 is 1.09. The van der Waals surface area contributed by atoms with Crippen LogP contribution in [-0.4, -0.2) is 26.0 Å². The van der Waals surface area contributed by atoms with Crippen LogP contribution in [0.4, 0.5) is 0 Å². The molecule has 0 aliphatic rings. The molecule has 0 unspecified atom stereocenters. The van der Waals surface area contributed by atoms with Gasteiger partial charge in [0.1, 0.15) is 0 Å². The van der Waals surface area contributed by atoms with Crippen molar-refractivity contribution in [3.05, 3.63) is 10.3 Å².